The van der Waals surface area contributed by atoms with Crippen molar-refractivity contribution in [2.45, 2.75) is 25.7 Å². The molecule has 24 heavy (non-hydrogen) atoms. The molecule has 0 aliphatic carbocycles. The first-order valence-corrected chi connectivity index (χ1v) is 9.28. The van der Waals surface area contributed by atoms with Crippen LogP contribution in [0.4, 0.5) is 0 Å². The van der Waals surface area contributed by atoms with E-state index in [9.17, 15) is 9.59 Å². The number of hydrogen-bond donors (Lipinski definition) is 0. The molecule has 134 valence electrons. The quantitative estimate of drug-likeness (QED) is 0.711. The minimum Gasteiger partial charge on any atom is -0.379 e. The third-order valence-electron chi connectivity index (χ3n) is 5.30. The fourth-order valence-corrected chi connectivity index (χ4v) is 3.73. The Morgan fingerprint density at radius 2 is 1.58 bits per heavy atom. The lowest BCUT2D eigenvalue weighted by Crippen LogP contribution is -2.43. The zero-order valence-electron chi connectivity index (χ0n) is 14.5. The molecule has 6 heteroatoms. The predicted molar refractivity (Wildman–Crippen MR) is 91.5 cm³/mol. The molecule has 0 aromatic rings. The summed E-state index contributed by atoms with van der Waals surface area (Å²) in [6, 6.07) is 0. The molecule has 0 aromatic carbocycles. The van der Waals surface area contributed by atoms with Crippen molar-refractivity contribution in [3.05, 3.63) is 12.2 Å². The van der Waals surface area contributed by atoms with Crippen molar-refractivity contribution in [2.24, 2.45) is 5.92 Å². The van der Waals surface area contributed by atoms with Gasteiger partial charge in [0.2, 0.25) is 11.8 Å². The maximum atomic E-state index is 12.4. The minimum absolute atomic E-state index is 0.0790. The van der Waals surface area contributed by atoms with Gasteiger partial charge in [0.1, 0.15) is 0 Å². The molecule has 0 N–H and O–H groups in total. The maximum Gasteiger partial charge on any atom is 0.246 e. The molecule has 3 fully saturated rings. The van der Waals surface area contributed by atoms with Crippen LogP contribution in [0.1, 0.15) is 25.7 Å². The van der Waals surface area contributed by atoms with Crippen molar-refractivity contribution in [2.75, 3.05) is 59.0 Å². The summed E-state index contributed by atoms with van der Waals surface area (Å²) >= 11 is 0. The van der Waals surface area contributed by atoms with Crippen LogP contribution in [0.15, 0.2) is 12.2 Å². The van der Waals surface area contributed by atoms with Gasteiger partial charge in [-0.2, -0.15) is 0 Å². The van der Waals surface area contributed by atoms with Gasteiger partial charge in [-0.15, -0.1) is 0 Å². The van der Waals surface area contributed by atoms with E-state index in [0.29, 0.717) is 19.0 Å². The first-order chi connectivity index (χ1) is 11.7. The van der Waals surface area contributed by atoms with Crippen LogP contribution < -0.4 is 0 Å². The lowest BCUT2D eigenvalue weighted by Gasteiger charge is -2.32. The molecule has 0 unspecified atom stereocenters. The van der Waals surface area contributed by atoms with E-state index < -0.39 is 0 Å². The monoisotopic (exact) mass is 335 g/mol. The van der Waals surface area contributed by atoms with Gasteiger partial charge in [0.15, 0.2) is 0 Å². The zero-order valence-corrected chi connectivity index (χ0v) is 14.5. The summed E-state index contributed by atoms with van der Waals surface area (Å²) in [4.78, 5) is 30.9. The second-order valence-electron chi connectivity index (χ2n) is 6.95. The molecular weight excluding hydrogens is 306 g/mol. The van der Waals surface area contributed by atoms with Crippen LogP contribution >= 0.6 is 0 Å². The number of morpholine rings is 1. The van der Waals surface area contributed by atoms with Crippen LogP contribution in [0.2, 0.25) is 0 Å². The number of carbonyl (C=O) groups is 2. The van der Waals surface area contributed by atoms with Gasteiger partial charge in [0.05, 0.1) is 13.2 Å². The van der Waals surface area contributed by atoms with E-state index in [2.05, 4.69) is 4.90 Å². The number of nitrogens with zero attached hydrogens (tertiary/aromatic N) is 3. The van der Waals surface area contributed by atoms with Gasteiger partial charge >= 0.3 is 0 Å². The van der Waals surface area contributed by atoms with Crippen molar-refractivity contribution in [1.82, 2.24) is 14.7 Å². The van der Waals surface area contributed by atoms with Crippen LogP contribution in [-0.2, 0) is 14.3 Å². The Morgan fingerprint density at radius 3 is 2.25 bits per heavy atom. The predicted octanol–water partition coefficient (Wildman–Crippen LogP) is 0.736. The van der Waals surface area contributed by atoms with Crippen LogP contribution in [0.5, 0.6) is 0 Å². The molecule has 3 aliphatic rings. The van der Waals surface area contributed by atoms with Crippen molar-refractivity contribution in [1.29, 1.82) is 0 Å². The third kappa shape index (κ3) is 4.57. The van der Waals surface area contributed by atoms with E-state index in [1.54, 1.807) is 6.08 Å². The van der Waals surface area contributed by atoms with Crippen molar-refractivity contribution in [3.8, 4) is 0 Å². The first kappa shape index (κ1) is 17.4. The fourth-order valence-electron chi connectivity index (χ4n) is 3.73. The number of carbonyl (C=O) groups excluding carboxylic acids is 2. The molecule has 2 amide bonds. The number of hydrogen-bond acceptors (Lipinski definition) is 4. The molecule has 3 rings (SSSR count). The minimum atomic E-state index is 0.0790. The molecule has 0 spiro atoms. The highest BCUT2D eigenvalue weighted by atomic mass is 16.5. The second-order valence-corrected chi connectivity index (χ2v) is 6.95. The molecular formula is C18H29N3O3. The second kappa shape index (κ2) is 8.62. The number of rotatable bonds is 4. The summed E-state index contributed by atoms with van der Waals surface area (Å²) in [5, 5.41) is 0. The maximum absolute atomic E-state index is 12.4. The Morgan fingerprint density at radius 1 is 0.917 bits per heavy atom. The third-order valence-corrected chi connectivity index (χ3v) is 5.30. The smallest absolute Gasteiger partial charge is 0.246 e. The summed E-state index contributed by atoms with van der Waals surface area (Å²) in [5.74, 6) is 0.502. The highest BCUT2D eigenvalue weighted by molar-refractivity contribution is 5.88. The van der Waals surface area contributed by atoms with Gasteiger partial charge in [-0.05, 0) is 25.7 Å². The van der Waals surface area contributed by atoms with Crippen LogP contribution in [0, 0.1) is 5.92 Å². The van der Waals surface area contributed by atoms with E-state index in [4.69, 9.17) is 4.74 Å². The number of likely N-dealkylation sites (tertiary alicyclic amines) is 2. The Balaban J connectivity index is 1.39. The van der Waals surface area contributed by atoms with Gasteiger partial charge in [0, 0.05) is 57.8 Å². The van der Waals surface area contributed by atoms with Gasteiger partial charge in [-0.25, -0.2) is 0 Å². The van der Waals surface area contributed by atoms with Crippen molar-refractivity contribution < 1.29 is 14.3 Å². The largest absolute Gasteiger partial charge is 0.379 e. The van der Waals surface area contributed by atoms with Crippen LogP contribution in [-0.4, -0.2) is 85.5 Å². The highest BCUT2D eigenvalue weighted by Gasteiger charge is 2.30. The molecule has 0 radical (unpaired) electrons. The molecule has 6 nitrogen and oxygen atoms in total. The van der Waals surface area contributed by atoms with Gasteiger partial charge < -0.3 is 14.5 Å². The summed E-state index contributed by atoms with van der Waals surface area (Å²) in [7, 11) is 0. The average Bonchev–Trinajstić information content (AvgIpc) is 3.17. The number of ether oxygens (including phenoxy) is 1. The summed E-state index contributed by atoms with van der Waals surface area (Å²) in [6.45, 7) is 7.46. The number of piperidine rings is 1. The molecule has 3 heterocycles. The van der Waals surface area contributed by atoms with E-state index in [0.717, 1.165) is 71.6 Å². The standard InChI is InChI=1S/C18H29N3O3/c22-17(4-3-7-19-12-14-24-15-13-19)20-10-5-16(6-11-20)18(23)21-8-1-2-9-21/h3-4,16H,1-2,5-15H2/b4-3+. The van der Waals surface area contributed by atoms with Crippen molar-refractivity contribution >= 4 is 11.8 Å². The molecule has 0 atom stereocenters. The van der Waals surface area contributed by atoms with Crippen molar-refractivity contribution in [3.63, 3.8) is 0 Å². The summed E-state index contributed by atoms with van der Waals surface area (Å²) in [6.07, 6.45) is 7.53. The van der Waals surface area contributed by atoms with E-state index >= 15 is 0 Å². The highest BCUT2D eigenvalue weighted by Crippen LogP contribution is 2.22. The molecule has 3 saturated heterocycles. The van der Waals surface area contributed by atoms with Crippen LogP contribution in [0.3, 0.4) is 0 Å². The summed E-state index contributed by atoms with van der Waals surface area (Å²) in [5.41, 5.74) is 0. The topological polar surface area (TPSA) is 53.1 Å². The Bertz CT molecular complexity index is 460. The molecule has 3 aliphatic heterocycles. The van der Waals surface area contributed by atoms with Gasteiger partial charge in [-0.3, -0.25) is 14.5 Å². The summed E-state index contributed by atoms with van der Waals surface area (Å²) < 4.78 is 5.32. The fraction of sp³-hybridized carbons (Fsp3) is 0.778. The average molecular weight is 335 g/mol. The molecule has 0 saturated carbocycles. The van der Waals surface area contributed by atoms with Gasteiger partial charge in [-0.1, -0.05) is 6.08 Å². The van der Waals surface area contributed by atoms with Crippen LogP contribution in [0.25, 0.3) is 0 Å². The SMILES string of the molecule is O=C(/C=C/CN1CCOCC1)N1CCC(C(=O)N2CCCC2)CC1. The Kier molecular flexibility index (Phi) is 6.26. The van der Waals surface area contributed by atoms with Gasteiger partial charge in [0.25, 0.3) is 0 Å². The van der Waals surface area contributed by atoms with E-state index in [1.807, 2.05) is 15.9 Å². The molecule has 0 aromatic heterocycles. The lowest BCUT2D eigenvalue weighted by molar-refractivity contribution is -0.138. The Hall–Kier alpha value is -1.40. The van der Waals surface area contributed by atoms with E-state index in [1.165, 1.54) is 0 Å². The zero-order chi connectivity index (χ0) is 16.8. The lowest BCUT2D eigenvalue weighted by atomic mass is 9.95. The molecule has 0 bridgehead atoms. The van der Waals surface area contributed by atoms with E-state index in [-0.39, 0.29) is 11.8 Å². The Labute approximate surface area is 144 Å². The first-order valence-electron chi connectivity index (χ1n) is 9.28. The normalized spacial score (nSPS) is 24.0. The number of amides is 2.